The molecule has 2 N–H and O–H groups in total. The van der Waals surface area contributed by atoms with Gasteiger partial charge in [0.1, 0.15) is 16.7 Å². The van der Waals surface area contributed by atoms with Gasteiger partial charge in [0.15, 0.2) is 16.6 Å². The predicted molar refractivity (Wildman–Crippen MR) is 128 cm³/mol. The number of aromatic amines is 1. The van der Waals surface area contributed by atoms with Gasteiger partial charge in [-0.3, -0.25) is 14.2 Å². The maximum absolute atomic E-state index is 13.5. The van der Waals surface area contributed by atoms with Crippen molar-refractivity contribution >= 4 is 45.7 Å². The minimum absolute atomic E-state index is 0.223. The van der Waals surface area contributed by atoms with Crippen molar-refractivity contribution < 1.29 is 0 Å². The zero-order chi connectivity index (χ0) is 23.1. The van der Waals surface area contributed by atoms with E-state index in [0.29, 0.717) is 27.5 Å². The molecule has 1 aromatic carbocycles. The molecule has 0 bridgehead atoms. The molecule has 0 amide bonds. The lowest BCUT2D eigenvalue weighted by molar-refractivity contribution is 0.672. The van der Waals surface area contributed by atoms with Crippen molar-refractivity contribution in [2.75, 3.05) is 11.6 Å². The van der Waals surface area contributed by atoms with Crippen LogP contribution >= 0.6 is 23.4 Å². The van der Waals surface area contributed by atoms with Gasteiger partial charge in [0, 0.05) is 6.20 Å². The van der Waals surface area contributed by atoms with Gasteiger partial charge in [-0.1, -0.05) is 41.6 Å². The van der Waals surface area contributed by atoms with E-state index in [1.807, 2.05) is 43.5 Å². The summed E-state index contributed by atoms with van der Waals surface area (Å²) in [6.45, 7) is 1.83. The van der Waals surface area contributed by atoms with Gasteiger partial charge in [-0.05, 0) is 31.4 Å². The first kappa shape index (κ1) is 21.2. The van der Waals surface area contributed by atoms with Crippen LogP contribution in [0.2, 0.25) is 5.02 Å². The summed E-state index contributed by atoms with van der Waals surface area (Å²) in [5.74, 6) is 0.703. The van der Waals surface area contributed by atoms with E-state index in [1.54, 1.807) is 12.3 Å². The van der Waals surface area contributed by atoms with E-state index in [0.717, 1.165) is 0 Å². The first-order valence-electron chi connectivity index (χ1n) is 9.89. The Kier molecular flexibility index (Phi) is 5.35. The third-order valence-corrected chi connectivity index (χ3v) is 5.93. The molecule has 10 nitrogen and oxygen atoms in total. The number of fused-ring (bicyclic) bond motifs is 2. The largest absolute Gasteiger partial charge is 0.359 e. The van der Waals surface area contributed by atoms with Crippen molar-refractivity contribution in [3.05, 3.63) is 80.5 Å². The average molecular weight is 481 g/mol. The molecular formula is C21H17ClN8O2S. The molecule has 5 rings (SSSR count). The average Bonchev–Trinajstić information content (AvgIpc) is 3.20. The van der Waals surface area contributed by atoms with Crippen LogP contribution in [-0.2, 0) is 0 Å². The second-order valence-corrected chi connectivity index (χ2v) is 8.33. The first-order valence-corrected chi connectivity index (χ1v) is 11.5. The number of H-pyrrole nitrogens is 1. The smallest absolute Gasteiger partial charge is 0.284 e. The number of hydrogen-bond acceptors (Lipinski definition) is 8. The molecule has 0 saturated heterocycles. The Hall–Kier alpha value is -3.70. The minimum atomic E-state index is -0.532. The number of para-hydroxylation sites is 1. The molecule has 4 heterocycles. The highest BCUT2D eigenvalue weighted by Gasteiger charge is 2.22. The van der Waals surface area contributed by atoms with Gasteiger partial charge in [-0.2, -0.15) is 5.10 Å². The molecule has 166 valence electrons. The van der Waals surface area contributed by atoms with E-state index in [-0.39, 0.29) is 27.7 Å². The summed E-state index contributed by atoms with van der Waals surface area (Å²) in [6.07, 6.45) is 4.76. The standard InChI is InChI=1S/C21H17ClN8O2S/c1-11(25-17-14-16(23-10-24-19(14)31)26-21(27-17)33-2)18-28-29-9-8-13(22)15(29)20(32)30(18)12-6-4-3-5-7-12/h3-11H,1-2H3,(H2,23,24,25,26,27,31)/t11-/m0/s1. The topological polar surface area (TPSA) is 123 Å². The van der Waals surface area contributed by atoms with E-state index >= 15 is 0 Å². The molecule has 4 aromatic heterocycles. The van der Waals surface area contributed by atoms with Crippen LogP contribution in [0.3, 0.4) is 0 Å². The van der Waals surface area contributed by atoms with Crippen molar-refractivity contribution in [2.45, 2.75) is 18.1 Å². The summed E-state index contributed by atoms with van der Waals surface area (Å²) >= 11 is 7.59. The van der Waals surface area contributed by atoms with Gasteiger partial charge in [-0.25, -0.2) is 19.5 Å². The number of halogens is 1. The molecule has 0 aliphatic rings. The van der Waals surface area contributed by atoms with E-state index in [2.05, 4.69) is 30.4 Å². The number of anilines is 1. The normalized spacial score (nSPS) is 12.3. The molecule has 12 heteroatoms. The Bertz CT molecular complexity index is 1610. The fraction of sp³-hybridized carbons (Fsp3) is 0.143. The van der Waals surface area contributed by atoms with Gasteiger partial charge < -0.3 is 10.3 Å². The molecule has 5 aromatic rings. The van der Waals surface area contributed by atoms with Crippen LogP contribution in [0.1, 0.15) is 18.8 Å². The highest BCUT2D eigenvalue weighted by Crippen LogP contribution is 2.25. The van der Waals surface area contributed by atoms with Crippen molar-refractivity contribution in [1.29, 1.82) is 0 Å². The molecule has 0 radical (unpaired) electrons. The fourth-order valence-corrected chi connectivity index (χ4v) is 4.16. The van der Waals surface area contributed by atoms with Crippen LogP contribution in [0.4, 0.5) is 5.82 Å². The summed E-state index contributed by atoms with van der Waals surface area (Å²) in [5, 5.41) is 8.88. The van der Waals surface area contributed by atoms with Crippen LogP contribution in [-0.4, -0.2) is 40.4 Å². The first-order chi connectivity index (χ1) is 16.0. The lowest BCUT2D eigenvalue weighted by Gasteiger charge is -2.20. The Balaban J connectivity index is 1.71. The third-order valence-electron chi connectivity index (χ3n) is 5.08. The number of nitrogens with one attached hydrogen (secondary N) is 2. The zero-order valence-electron chi connectivity index (χ0n) is 17.5. The summed E-state index contributed by atoms with van der Waals surface area (Å²) in [7, 11) is 0. The van der Waals surface area contributed by atoms with E-state index in [9.17, 15) is 9.59 Å². The van der Waals surface area contributed by atoms with Gasteiger partial charge in [0.25, 0.3) is 11.1 Å². The molecule has 0 fully saturated rings. The van der Waals surface area contributed by atoms with Crippen LogP contribution in [0, 0.1) is 0 Å². The van der Waals surface area contributed by atoms with Crippen LogP contribution in [0.15, 0.2) is 63.7 Å². The van der Waals surface area contributed by atoms with Crippen molar-refractivity contribution in [1.82, 2.24) is 34.1 Å². The van der Waals surface area contributed by atoms with Crippen molar-refractivity contribution in [3.63, 3.8) is 0 Å². The molecular weight excluding hydrogens is 464 g/mol. The molecule has 1 atom stereocenters. The number of hydrogen-bond donors (Lipinski definition) is 2. The Labute approximate surface area is 195 Å². The summed E-state index contributed by atoms with van der Waals surface area (Å²) in [5.41, 5.74) is 0.494. The lowest BCUT2D eigenvalue weighted by Crippen LogP contribution is -2.29. The Morgan fingerprint density at radius 3 is 2.70 bits per heavy atom. The second-order valence-electron chi connectivity index (χ2n) is 7.15. The molecule has 0 spiro atoms. The Morgan fingerprint density at radius 1 is 1.15 bits per heavy atom. The number of aromatic nitrogens is 7. The summed E-state index contributed by atoms with van der Waals surface area (Å²) in [4.78, 5) is 41.5. The number of benzene rings is 1. The van der Waals surface area contributed by atoms with Crippen molar-refractivity contribution in [2.24, 2.45) is 0 Å². The molecule has 0 unspecified atom stereocenters. The molecule has 0 aliphatic carbocycles. The van der Waals surface area contributed by atoms with E-state index < -0.39 is 6.04 Å². The second kappa shape index (κ2) is 8.34. The molecule has 33 heavy (non-hydrogen) atoms. The fourth-order valence-electron chi connectivity index (χ4n) is 3.58. The predicted octanol–water partition coefficient (Wildman–Crippen LogP) is 3.06. The van der Waals surface area contributed by atoms with Crippen LogP contribution in [0.5, 0.6) is 0 Å². The maximum Gasteiger partial charge on any atom is 0.284 e. The van der Waals surface area contributed by atoms with Crippen LogP contribution in [0.25, 0.3) is 22.2 Å². The van der Waals surface area contributed by atoms with Crippen LogP contribution < -0.4 is 16.4 Å². The van der Waals surface area contributed by atoms with Gasteiger partial charge >= 0.3 is 0 Å². The highest BCUT2D eigenvalue weighted by molar-refractivity contribution is 7.98. The summed E-state index contributed by atoms with van der Waals surface area (Å²) < 4.78 is 2.96. The SMILES string of the molecule is CSc1nc(N[C@@H](C)c2nn3ccc(Cl)c3c(=O)n2-c2ccccc2)c2c(=O)[nH]cnc2n1. The van der Waals surface area contributed by atoms with Crippen molar-refractivity contribution in [3.8, 4) is 5.69 Å². The molecule has 0 aliphatic heterocycles. The number of nitrogens with zero attached hydrogens (tertiary/aromatic N) is 6. The quantitative estimate of drug-likeness (QED) is 0.290. The molecule has 0 saturated carbocycles. The highest BCUT2D eigenvalue weighted by atomic mass is 35.5. The lowest BCUT2D eigenvalue weighted by atomic mass is 10.2. The zero-order valence-corrected chi connectivity index (χ0v) is 19.1. The number of thioether (sulfide) groups is 1. The minimum Gasteiger partial charge on any atom is -0.359 e. The third kappa shape index (κ3) is 3.64. The van der Waals surface area contributed by atoms with Gasteiger partial charge in [0.05, 0.1) is 23.1 Å². The van der Waals surface area contributed by atoms with Gasteiger partial charge in [-0.15, -0.1) is 0 Å². The monoisotopic (exact) mass is 480 g/mol. The maximum atomic E-state index is 13.5. The van der Waals surface area contributed by atoms with Gasteiger partial charge in [0.2, 0.25) is 0 Å². The number of rotatable bonds is 5. The van der Waals surface area contributed by atoms with E-state index in [4.69, 9.17) is 11.6 Å². The van der Waals surface area contributed by atoms with E-state index in [1.165, 1.54) is 27.2 Å². The Morgan fingerprint density at radius 2 is 1.94 bits per heavy atom. The summed E-state index contributed by atoms with van der Waals surface area (Å²) in [6, 6.07) is 10.2.